The van der Waals surface area contributed by atoms with Gasteiger partial charge in [0.25, 0.3) is 5.56 Å². The van der Waals surface area contributed by atoms with Gasteiger partial charge in [0.05, 0.1) is 28.3 Å². The van der Waals surface area contributed by atoms with Crippen LogP contribution in [0.3, 0.4) is 0 Å². The quantitative estimate of drug-likeness (QED) is 0.212. The summed E-state index contributed by atoms with van der Waals surface area (Å²) >= 11 is 7.17. The molecule has 0 saturated carbocycles. The van der Waals surface area contributed by atoms with Crippen LogP contribution in [0.5, 0.6) is 11.5 Å². The Balaban J connectivity index is 1.88. The molecule has 3 rings (SSSR count). The maximum absolute atomic E-state index is 13.1. The topological polar surface area (TPSA) is 102 Å². The number of rotatable bonds is 9. The van der Waals surface area contributed by atoms with E-state index >= 15 is 0 Å². The van der Waals surface area contributed by atoms with Gasteiger partial charge in [0.15, 0.2) is 10.9 Å². The molecule has 2 N–H and O–H groups in total. The van der Waals surface area contributed by atoms with Crippen LogP contribution in [0.25, 0.3) is 10.9 Å². The number of phenolic OH excluding ortho intramolecular Hbond substituents is 2. The maximum atomic E-state index is 13.1. The first kappa shape index (κ1) is 23.1. The highest BCUT2D eigenvalue weighted by Crippen LogP contribution is 2.26. The average Bonchev–Trinajstić information content (AvgIpc) is 2.70. The van der Waals surface area contributed by atoms with E-state index in [1.807, 2.05) is 13.8 Å². The summed E-state index contributed by atoms with van der Waals surface area (Å²) in [6, 6.07) is 8.70. The van der Waals surface area contributed by atoms with Gasteiger partial charge in [-0.15, -0.1) is 0 Å². The van der Waals surface area contributed by atoms with Gasteiger partial charge in [0.1, 0.15) is 11.5 Å². The van der Waals surface area contributed by atoms with E-state index in [0.29, 0.717) is 40.7 Å². The van der Waals surface area contributed by atoms with Crippen LogP contribution in [-0.2, 0) is 11.3 Å². The molecule has 0 unspecified atom stereocenters. The third-order valence-electron chi connectivity index (χ3n) is 4.47. The molecule has 1 heterocycles. The zero-order chi connectivity index (χ0) is 22.5. The second kappa shape index (κ2) is 10.2. The molecule has 0 saturated heterocycles. The Labute approximate surface area is 188 Å². The number of halogens is 1. The van der Waals surface area contributed by atoms with E-state index in [4.69, 9.17) is 16.3 Å². The summed E-state index contributed by atoms with van der Waals surface area (Å²) in [7, 11) is 0. The number of ether oxygens (including phenoxy) is 1. The van der Waals surface area contributed by atoms with Crippen LogP contribution < -0.4 is 5.56 Å². The summed E-state index contributed by atoms with van der Waals surface area (Å²) in [4.78, 5) is 30.2. The van der Waals surface area contributed by atoms with E-state index in [1.165, 1.54) is 16.7 Å². The molecule has 164 valence electrons. The van der Waals surface area contributed by atoms with Crippen molar-refractivity contribution < 1.29 is 19.7 Å². The molecule has 3 aromatic rings. The van der Waals surface area contributed by atoms with E-state index in [-0.39, 0.29) is 40.3 Å². The number of aromatic nitrogens is 2. The molecule has 0 aliphatic carbocycles. The third kappa shape index (κ3) is 5.78. The summed E-state index contributed by atoms with van der Waals surface area (Å²) in [5.74, 6) is -0.823. The van der Waals surface area contributed by atoms with Gasteiger partial charge in [-0.2, -0.15) is 0 Å². The predicted molar refractivity (Wildman–Crippen MR) is 122 cm³/mol. The van der Waals surface area contributed by atoms with Crippen molar-refractivity contribution in [2.45, 2.75) is 38.1 Å². The van der Waals surface area contributed by atoms with Gasteiger partial charge in [0, 0.05) is 24.2 Å². The number of thioether (sulfide) groups is 1. The van der Waals surface area contributed by atoms with Crippen LogP contribution >= 0.6 is 23.4 Å². The second-order valence-electron chi connectivity index (χ2n) is 7.20. The van der Waals surface area contributed by atoms with Crippen molar-refractivity contribution in [2.75, 3.05) is 12.4 Å². The number of phenols is 2. The molecule has 0 amide bonds. The fourth-order valence-electron chi connectivity index (χ4n) is 2.99. The average molecular weight is 463 g/mol. The molecular formula is C22H23ClN2O5S. The minimum atomic E-state index is -0.349. The first-order chi connectivity index (χ1) is 14.8. The van der Waals surface area contributed by atoms with Crippen molar-refractivity contribution in [1.29, 1.82) is 0 Å². The van der Waals surface area contributed by atoms with Crippen molar-refractivity contribution in [2.24, 2.45) is 0 Å². The molecule has 0 fully saturated rings. The van der Waals surface area contributed by atoms with E-state index in [1.54, 1.807) is 18.2 Å². The number of hydrogen-bond donors (Lipinski definition) is 2. The van der Waals surface area contributed by atoms with Crippen LogP contribution in [0.1, 0.15) is 30.6 Å². The Hall–Kier alpha value is -2.55. The van der Waals surface area contributed by atoms with Crippen LogP contribution in [0.15, 0.2) is 46.3 Å². The molecule has 7 nitrogen and oxygen atoms in total. The second-order valence-corrected chi connectivity index (χ2v) is 8.58. The van der Waals surface area contributed by atoms with Crippen LogP contribution in [-0.4, -0.2) is 44.0 Å². The summed E-state index contributed by atoms with van der Waals surface area (Å²) in [6.45, 7) is 4.77. The first-order valence-corrected chi connectivity index (χ1v) is 11.1. The number of nitrogens with zero attached hydrogens (tertiary/aromatic N) is 2. The zero-order valence-electron chi connectivity index (χ0n) is 17.2. The Bertz CT molecular complexity index is 1160. The van der Waals surface area contributed by atoms with Gasteiger partial charge < -0.3 is 14.9 Å². The van der Waals surface area contributed by atoms with Gasteiger partial charge in [-0.1, -0.05) is 23.4 Å². The van der Waals surface area contributed by atoms with Gasteiger partial charge in [0.2, 0.25) is 0 Å². The summed E-state index contributed by atoms with van der Waals surface area (Å²) in [5.41, 5.74) is 0.330. The molecule has 0 spiro atoms. The third-order valence-corrected chi connectivity index (χ3v) is 5.69. The van der Waals surface area contributed by atoms with Crippen molar-refractivity contribution in [3.8, 4) is 11.5 Å². The standard InChI is InChI=1S/C22H23ClN2O5S/c1-13(2)30-9-3-8-25-21(29)16-6-4-14(23)10-18(16)24-22(25)31-12-20(28)17-7-5-15(26)11-19(17)27/h4-7,10-11,13,26-27H,3,8-9,12H2,1-2H3. The minimum absolute atomic E-state index is 0.0423. The van der Waals surface area contributed by atoms with E-state index in [2.05, 4.69) is 4.98 Å². The SMILES string of the molecule is CC(C)OCCCn1c(SCC(=O)c2ccc(O)cc2O)nc2cc(Cl)ccc2c1=O. The number of Topliss-reactive ketones (excluding diaryl/α,β-unsaturated/α-hetero) is 1. The van der Waals surface area contributed by atoms with Crippen LogP contribution in [0, 0.1) is 0 Å². The number of hydrogen-bond acceptors (Lipinski definition) is 7. The molecule has 0 bridgehead atoms. The fourth-order valence-corrected chi connectivity index (χ4v) is 4.06. The Kier molecular flexibility index (Phi) is 7.59. The molecule has 2 aromatic carbocycles. The van der Waals surface area contributed by atoms with Crippen molar-refractivity contribution in [3.63, 3.8) is 0 Å². The fraction of sp³-hybridized carbons (Fsp3) is 0.318. The van der Waals surface area contributed by atoms with Crippen molar-refractivity contribution >= 4 is 40.0 Å². The van der Waals surface area contributed by atoms with Gasteiger partial charge >= 0.3 is 0 Å². The molecule has 1 aromatic heterocycles. The maximum Gasteiger partial charge on any atom is 0.262 e. The van der Waals surface area contributed by atoms with Crippen molar-refractivity contribution in [3.05, 3.63) is 57.3 Å². The number of aromatic hydroxyl groups is 2. The lowest BCUT2D eigenvalue weighted by atomic mass is 10.1. The largest absolute Gasteiger partial charge is 0.508 e. The number of ketones is 1. The zero-order valence-corrected chi connectivity index (χ0v) is 18.7. The predicted octanol–water partition coefficient (Wildman–Crippen LogP) is 4.25. The smallest absolute Gasteiger partial charge is 0.262 e. The number of benzene rings is 2. The Morgan fingerprint density at radius 3 is 2.71 bits per heavy atom. The molecule has 31 heavy (non-hydrogen) atoms. The Morgan fingerprint density at radius 1 is 1.23 bits per heavy atom. The summed E-state index contributed by atoms with van der Waals surface area (Å²) in [6.07, 6.45) is 0.706. The number of carbonyl (C=O) groups excluding carboxylic acids is 1. The molecule has 9 heteroatoms. The van der Waals surface area contributed by atoms with Gasteiger partial charge in [-0.05, 0) is 50.6 Å². The lowest BCUT2D eigenvalue weighted by Gasteiger charge is -2.14. The molecule has 0 aliphatic rings. The molecule has 0 atom stereocenters. The first-order valence-electron chi connectivity index (χ1n) is 9.76. The van der Waals surface area contributed by atoms with Crippen LogP contribution in [0.4, 0.5) is 0 Å². The minimum Gasteiger partial charge on any atom is -0.508 e. The Morgan fingerprint density at radius 2 is 2.00 bits per heavy atom. The highest BCUT2D eigenvalue weighted by Gasteiger charge is 2.16. The highest BCUT2D eigenvalue weighted by atomic mass is 35.5. The monoisotopic (exact) mass is 462 g/mol. The molecular weight excluding hydrogens is 440 g/mol. The van der Waals surface area contributed by atoms with E-state index in [9.17, 15) is 19.8 Å². The lowest BCUT2D eigenvalue weighted by Crippen LogP contribution is -2.24. The van der Waals surface area contributed by atoms with Gasteiger partial charge in [-0.25, -0.2) is 4.98 Å². The van der Waals surface area contributed by atoms with Crippen LogP contribution in [0.2, 0.25) is 5.02 Å². The highest BCUT2D eigenvalue weighted by molar-refractivity contribution is 7.99. The van der Waals surface area contributed by atoms with Crippen molar-refractivity contribution in [1.82, 2.24) is 9.55 Å². The molecule has 0 aliphatic heterocycles. The van der Waals surface area contributed by atoms with E-state index < -0.39 is 0 Å². The van der Waals surface area contributed by atoms with E-state index in [0.717, 1.165) is 17.8 Å². The normalized spacial score (nSPS) is 11.4. The molecule has 0 radical (unpaired) electrons. The summed E-state index contributed by atoms with van der Waals surface area (Å²) in [5, 5.41) is 20.6. The van der Waals surface area contributed by atoms with Gasteiger partial charge in [-0.3, -0.25) is 14.2 Å². The number of fused-ring (bicyclic) bond motifs is 1. The summed E-state index contributed by atoms with van der Waals surface area (Å²) < 4.78 is 7.10. The lowest BCUT2D eigenvalue weighted by molar-refractivity contribution is 0.0743. The number of carbonyl (C=O) groups is 1.